The van der Waals surface area contributed by atoms with Crippen LogP contribution < -0.4 is 4.90 Å². The number of aromatic nitrogens is 2. The predicted octanol–water partition coefficient (Wildman–Crippen LogP) is 4.89. The van der Waals surface area contributed by atoms with E-state index in [4.69, 9.17) is 14.7 Å². The van der Waals surface area contributed by atoms with Gasteiger partial charge in [0.15, 0.2) is 5.16 Å². The van der Waals surface area contributed by atoms with Crippen LogP contribution in [0.15, 0.2) is 59.8 Å². The molecule has 3 aromatic rings. The van der Waals surface area contributed by atoms with Crippen molar-refractivity contribution in [3.63, 3.8) is 0 Å². The molecule has 2 aromatic carbocycles. The molecule has 28 heavy (non-hydrogen) atoms. The molecule has 0 saturated carbocycles. The third kappa shape index (κ3) is 4.72. The van der Waals surface area contributed by atoms with Crippen molar-refractivity contribution >= 4 is 17.6 Å². The third-order valence-electron chi connectivity index (χ3n) is 4.86. The van der Waals surface area contributed by atoms with Crippen molar-refractivity contribution in [2.45, 2.75) is 24.8 Å². The highest BCUT2D eigenvalue weighted by atomic mass is 32.2. The fourth-order valence-electron chi connectivity index (χ4n) is 3.14. The first-order valence-corrected chi connectivity index (χ1v) is 10.6. The van der Waals surface area contributed by atoms with Crippen LogP contribution in [0.5, 0.6) is 0 Å². The lowest BCUT2D eigenvalue weighted by Gasteiger charge is -2.28. The van der Waals surface area contributed by atoms with Crippen LogP contribution in [0.1, 0.15) is 16.7 Å². The smallest absolute Gasteiger partial charge is 0.190 e. The average Bonchev–Trinajstić information content (AvgIpc) is 2.74. The number of hydrogen-bond donors (Lipinski definition) is 0. The zero-order valence-electron chi connectivity index (χ0n) is 16.4. The maximum absolute atomic E-state index is 5.50. The molecule has 5 heteroatoms. The summed E-state index contributed by atoms with van der Waals surface area (Å²) in [5, 5.41) is 0.820. The quantitative estimate of drug-likeness (QED) is 0.457. The molecule has 0 spiro atoms. The minimum absolute atomic E-state index is 0.746. The van der Waals surface area contributed by atoms with Gasteiger partial charge in [0, 0.05) is 30.5 Å². The second kappa shape index (κ2) is 8.76. The lowest BCUT2D eigenvalue weighted by Crippen LogP contribution is -2.36. The van der Waals surface area contributed by atoms with Crippen molar-refractivity contribution in [2.75, 3.05) is 31.2 Å². The van der Waals surface area contributed by atoms with Crippen LogP contribution in [0.4, 0.5) is 5.82 Å². The summed E-state index contributed by atoms with van der Waals surface area (Å²) in [5.41, 5.74) is 5.91. The van der Waals surface area contributed by atoms with Crippen molar-refractivity contribution in [3.8, 4) is 11.3 Å². The third-order valence-corrected chi connectivity index (χ3v) is 5.78. The largest absolute Gasteiger partial charge is 0.378 e. The lowest BCUT2D eigenvalue weighted by molar-refractivity contribution is 0.122. The fourth-order valence-corrected chi connectivity index (χ4v) is 3.95. The number of nitrogens with zero attached hydrogens (tertiary/aromatic N) is 3. The number of benzene rings is 2. The second-order valence-electron chi connectivity index (χ2n) is 7.13. The summed E-state index contributed by atoms with van der Waals surface area (Å²) in [6.07, 6.45) is 0. The van der Waals surface area contributed by atoms with Crippen LogP contribution in [-0.2, 0) is 10.5 Å². The lowest BCUT2D eigenvalue weighted by atomic mass is 10.1. The standard InChI is InChI=1S/C23H25N3OS/c1-17-3-7-19(8-4-17)16-28-23-24-21(20-9-5-18(2)6-10-20)15-22(25-23)26-11-13-27-14-12-26/h3-10,15H,11-14,16H2,1-2H3. The Labute approximate surface area is 171 Å². The molecule has 0 unspecified atom stereocenters. The molecule has 2 heterocycles. The normalized spacial score (nSPS) is 14.3. The zero-order valence-corrected chi connectivity index (χ0v) is 17.2. The van der Waals surface area contributed by atoms with Gasteiger partial charge in [-0.25, -0.2) is 9.97 Å². The Hall–Kier alpha value is -2.37. The number of aryl methyl sites for hydroxylation is 2. The molecule has 1 aromatic heterocycles. The maximum Gasteiger partial charge on any atom is 0.190 e. The van der Waals surface area contributed by atoms with Gasteiger partial charge in [-0.1, -0.05) is 71.4 Å². The Morgan fingerprint density at radius 3 is 2.21 bits per heavy atom. The van der Waals surface area contributed by atoms with E-state index in [1.54, 1.807) is 11.8 Å². The van der Waals surface area contributed by atoms with Gasteiger partial charge in [0.25, 0.3) is 0 Å². The van der Waals surface area contributed by atoms with Gasteiger partial charge in [-0.3, -0.25) is 0 Å². The molecular formula is C23H25N3OS. The van der Waals surface area contributed by atoms with Crippen molar-refractivity contribution < 1.29 is 4.74 Å². The summed E-state index contributed by atoms with van der Waals surface area (Å²) in [4.78, 5) is 12.0. The highest BCUT2D eigenvalue weighted by molar-refractivity contribution is 7.98. The summed E-state index contributed by atoms with van der Waals surface area (Å²) in [6, 6.07) is 19.3. The van der Waals surface area contributed by atoms with Crippen LogP contribution in [0, 0.1) is 13.8 Å². The monoisotopic (exact) mass is 391 g/mol. The van der Waals surface area contributed by atoms with Crippen molar-refractivity contribution in [1.82, 2.24) is 9.97 Å². The first-order chi connectivity index (χ1) is 13.7. The van der Waals surface area contributed by atoms with Gasteiger partial charge in [-0.15, -0.1) is 0 Å². The predicted molar refractivity (Wildman–Crippen MR) is 116 cm³/mol. The molecule has 0 aliphatic carbocycles. The minimum Gasteiger partial charge on any atom is -0.378 e. The molecule has 144 valence electrons. The fraction of sp³-hybridized carbons (Fsp3) is 0.304. The number of thioether (sulfide) groups is 1. The molecule has 0 atom stereocenters. The van der Waals surface area contributed by atoms with Gasteiger partial charge < -0.3 is 9.64 Å². The van der Waals surface area contributed by atoms with Crippen LogP contribution in [0.25, 0.3) is 11.3 Å². The van der Waals surface area contributed by atoms with E-state index in [2.05, 4.69) is 73.3 Å². The average molecular weight is 392 g/mol. The van der Waals surface area contributed by atoms with E-state index in [0.717, 1.165) is 54.3 Å². The van der Waals surface area contributed by atoms with Gasteiger partial charge >= 0.3 is 0 Å². The van der Waals surface area contributed by atoms with Gasteiger partial charge in [-0.2, -0.15) is 0 Å². The topological polar surface area (TPSA) is 38.2 Å². The summed E-state index contributed by atoms with van der Waals surface area (Å²) in [6.45, 7) is 7.44. The van der Waals surface area contributed by atoms with Gasteiger partial charge in [0.1, 0.15) is 5.82 Å². The Kier molecular flexibility index (Phi) is 5.93. The first-order valence-electron chi connectivity index (χ1n) is 9.64. The van der Waals surface area contributed by atoms with E-state index in [1.165, 1.54) is 16.7 Å². The second-order valence-corrected chi connectivity index (χ2v) is 8.08. The van der Waals surface area contributed by atoms with Gasteiger partial charge in [0.2, 0.25) is 0 Å². The van der Waals surface area contributed by atoms with Crippen molar-refractivity contribution in [2.24, 2.45) is 0 Å². The highest BCUT2D eigenvalue weighted by Crippen LogP contribution is 2.28. The molecule has 0 amide bonds. The Balaban J connectivity index is 1.62. The molecule has 1 aliphatic heterocycles. The summed E-state index contributed by atoms with van der Waals surface area (Å²) >= 11 is 1.69. The highest BCUT2D eigenvalue weighted by Gasteiger charge is 2.16. The molecule has 1 aliphatic rings. The van der Waals surface area contributed by atoms with Gasteiger partial charge in [-0.05, 0) is 19.4 Å². The van der Waals surface area contributed by atoms with E-state index in [9.17, 15) is 0 Å². The Bertz CT molecular complexity index is 920. The Morgan fingerprint density at radius 2 is 1.54 bits per heavy atom. The molecule has 0 N–H and O–H groups in total. The number of ether oxygens (including phenoxy) is 1. The SMILES string of the molecule is Cc1ccc(CSc2nc(-c3ccc(C)cc3)cc(N3CCOCC3)n2)cc1. The first kappa shape index (κ1) is 19.0. The number of morpholine rings is 1. The minimum atomic E-state index is 0.746. The number of anilines is 1. The zero-order chi connectivity index (χ0) is 19.3. The summed E-state index contributed by atoms with van der Waals surface area (Å²) < 4.78 is 5.50. The number of hydrogen-bond acceptors (Lipinski definition) is 5. The molecular weight excluding hydrogens is 366 g/mol. The van der Waals surface area contributed by atoms with E-state index in [1.807, 2.05) is 0 Å². The van der Waals surface area contributed by atoms with Gasteiger partial charge in [0.05, 0.1) is 18.9 Å². The van der Waals surface area contributed by atoms with E-state index in [-0.39, 0.29) is 0 Å². The summed E-state index contributed by atoms with van der Waals surface area (Å²) in [7, 11) is 0. The molecule has 1 saturated heterocycles. The molecule has 0 bridgehead atoms. The van der Waals surface area contributed by atoms with Crippen molar-refractivity contribution in [1.29, 1.82) is 0 Å². The molecule has 0 radical (unpaired) electrons. The Morgan fingerprint density at radius 1 is 0.893 bits per heavy atom. The maximum atomic E-state index is 5.50. The van der Waals surface area contributed by atoms with E-state index < -0.39 is 0 Å². The molecule has 4 rings (SSSR count). The van der Waals surface area contributed by atoms with Crippen LogP contribution >= 0.6 is 11.8 Å². The molecule has 1 fully saturated rings. The van der Waals surface area contributed by atoms with Crippen molar-refractivity contribution in [3.05, 3.63) is 71.3 Å². The number of rotatable bonds is 5. The van der Waals surface area contributed by atoms with Crippen LogP contribution in [-0.4, -0.2) is 36.3 Å². The van der Waals surface area contributed by atoms with E-state index >= 15 is 0 Å². The molecule has 4 nitrogen and oxygen atoms in total. The summed E-state index contributed by atoms with van der Waals surface area (Å²) in [5.74, 6) is 1.85. The van der Waals surface area contributed by atoms with Crippen LogP contribution in [0.2, 0.25) is 0 Å². The van der Waals surface area contributed by atoms with Crippen LogP contribution in [0.3, 0.4) is 0 Å². The van der Waals surface area contributed by atoms with E-state index in [0.29, 0.717) is 0 Å².